The monoisotopic (exact) mass is 257 g/mol. The third-order valence-corrected chi connectivity index (χ3v) is 3.59. The summed E-state index contributed by atoms with van der Waals surface area (Å²) in [5.41, 5.74) is 0. The molecular formula is C10H15N3O3S. The Balaban J connectivity index is 2.05. The number of aromatic nitrogens is 3. The normalized spacial score (nSPS) is 24.1. The molecular weight excluding hydrogens is 242 g/mol. The molecule has 6 nitrogen and oxygen atoms in total. The van der Waals surface area contributed by atoms with Gasteiger partial charge in [-0.05, 0) is 19.8 Å². The van der Waals surface area contributed by atoms with Crippen LogP contribution in [0, 0.1) is 0 Å². The fraction of sp³-hybridized carbons (Fsp3) is 0.700. The van der Waals surface area contributed by atoms with E-state index in [1.54, 1.807) is 11.7 Å². The zero-order valence-corrected chi connectivity index (χ0v) is 10.6. The Bertz CT molecular complexity index is 421. The highest BCUT2D eigenvalue weighted by atomic mass is 32.2. The Morgan fingerprint density at radius 1 is 1.65 bits per heavy atom. The quantitative estimate of drug-likeness (QED) is 0.817. The molecule has 0 aliphatic carbocycles. The van der Waals surface area contributed by atoms with Gasteiger partial charge in [0.05, 0.1) is 11.9 Å². The summed E-state index contributed by atoms with van der Waals surface area (Å²) in [6.07, 6.45) is 2.14. The lowest BCUT2D eigenvalue weighted by atomic mass is 10.2. The zero-order valence-electron chi connectivity index (χ0n) is 9.79. The van der Waals surface area contributed by atoms with E-state index in [2.05, 4.69) is 10.1 Å². The average Bonchev–Trinajstić information content (AvgIpc) is 2.82. The molecule has 1 N–H and O–H groups in total. The SMILES string of the molecule is CC1CCC(c2nc(SCC(=O)O)n(C)n2)O1. The minimum absolute atomic E-state index is 0.00605. The average molecular weight is 257 g/mol. The van der Waals surface area contributed by atoms with Gasteiger partial charge < -0.3 is 9.84 Å². The van der Waals surface area contributed by atoms with Crippen molar-refractivity contribution in [3.8, 4) is 0 Å². The van der Waals surface area contributed by atoms with E-state index in [0.717, 1.165) is 12.8 Å². The lowest BCUT2D eigenvalue weighted by Gasteiger charge is -2.05. The summed E-state index contributed by atoms with van der Waals surface area (Å²) < 4.78 is 7.28. The summed E-state index contributed by atoms with van der Waals surface area (Å²) in [7, 11) is 1.76. The summed E-state index contributed by atoms with van der Waals surface area (Å²) in [5.74, 6) is -0.205. The molecule has 0 spiro atoms. The number of hydrogen-bond donors (Lipinski definition) is 1. The molecule has 1 saturated heterocycles. The predicted molar refractivity (Wildman–Crippen MR) is 61.9 cm³/mol. The molecule has 17 heavy (non-hydrogen) atoms. The molecule has 0 bridgehead atoms. The van der Waals surface area contributed by atoms with Gasteiger partial charge in [0.1, 0.15) is 6.10 Å². The smallest absolute Gasteiger partial charge is 0.313 e. The number of carboxylic acid groups (broad SMARTS) is 1. The maximum atomic E-state index is 10.5. The van der Waals surface area contributed by atoms with Gasteiger partial charge >= 0.3 is 5.97 Å². The number of aliphatic carboxylic acids is 1. The third-order valence-electron chi connectivity index (χ3n) is 2.58. The Morgan fingerprint density at radius 3 is 3.00 bits per heavy atom. The van der Waals surface area contributed by atoms with E-state index >= 15 is 0 Å². The third kappa shape index (κ3) is 2.98. The first-order valence-electron chi connectivity index (χ1n) is 5.47. The lowest BCUT2D eigenvalue weighted by Crippen LogP contribution is -2.03. The van der Waals surface area contributed by atoms with Gasteiger partial charge in [0.2, 0.25) is 0 Å². The number of aryl methyl sites for hydroxylation is 1. The summed E-state index contributed by atoms with van der Waals surface area (Å²) in [4.78, 5) is 14.8. The van der Waals surface area contributed by atoms with Gasteiger partial charge in [0, 0.05) is 7.05 Å². The van der Waals surface area contributed by atoms with Gasteiger partial charge in [0.25, 0.3) is 0 Å². The summed E-state index contributed by atoms with van der Waals surface area (Å²) >= 11 is 1.17. The van der Waals surface area contributed by atoms with E-state index in [9.17, 15) is 4.79 Å². The molecule has 2 heterocycles. The van der Waals surface area contributed by atoms with Crippen molar-refractivity contribution in [2.75, 3.05) is 5.75 Å². The minimum Gasteiger partial charge on any atom is -0.481 e. The van der Waals surface area contributed by atoms with Gasteiger partial charge in [0.15, 0.2) is 11.0 Å². The van der Waals surface area contributed by atoms with Crippen LogP contribution in [0.15, 0.2) is 5.16 Å². The number of carboxylic acids is 1. The van der Waals surface area contributed by atoms with E-state index in [1.807, 2.05) is 6.92 Å². The second-order valence-electron chi connectivity index (χ2n) is 4.07. The Kier molecular flexibility index (Phi) is 3.68. The molecule has 1 aliphatic rings. The van der Waals surface area contributed by atoms with Crippen molar-refractivity contribution in [2.45, 2.75) is 37.1 Å². The van der Waals surface area contributed by atoms with Crippen LogP contribution in [0.25, 0.3) is 0 Å². The molecule has 0 radical (unpaired) electrons. The van der Waals surface area contributed by atoms with Crippen LogP contribution in [-0.2, 0) is 16.6 Å². The number of hydrogen-bond acceptors (Lipinski definition) is 5. The van der Waals surface area contributed by atoms with Crippen LogP contribution < -0.4 is 0 Å². The molecule has 94 valence electrons. The molecule has 7 heteroatoms. The molecule has 0 saturated carbocycles. The van der Waals surface area contributed by atoms with Crippen molar-refractivity contribution in [1.29, 1.82) is 0 Å². The van der Waals surface area contributed by atoms with Crippen LogP contribution in [-0.4, -0.2) is 37.7 Å². The van der Waals surface area contributed by atoms with Crippen molar-refractivity contribution in [3.05, 3.63) is 5.82 Å². The standard InChI is InChI=1S/C10H15N3O3S/c1-6-3-4-7(16-6)9-11-10(13(2)12-9)17-5-8(14)15/h6-7H,3-5H2,1-2H3,(H,14,15). The summed E-state index contributed by atoms with van der Waals surface area (Å²) in [6.45, 7) is 2.03. The van der Waals surface area contributed by atoms with E-state index < -0.39 is 5.97 Å². The van der Waals surface area contributed by atoms with Crippen molar-refractivity contribution in [3.63, 3.8) is 0 Å². The van der Waals surface area contributed by atoms with Crippen LogP contribution in [0.2, 0.25) is 0 Å². The second kappa shape index (κ2) is 5.05. The number of carbonyl (C=O) groups is 1. The Hall–Kier alpha value is -1.08. The molecule has 0 aromatic carbocycles. The molecule has 1 aliphatic heterocycles. The lowest BCUT2D eigenvalue weighted by molar-refractivity contribution is -0.133. The largest absolute Gasteiger partial charge is 0.481 e. The number of thioether (sulfide) groups is 1. The van der Waals surface area contributed by atoms with Gasteiger partial charge in [-0.1, -0.05) is 11.8 Å². The highest BCUT2D eigenvalue weighted by Gasteiger charge is 2.27. The minimum atomic E-state index is -0.856. The Morgan fingerprint density at radius 2 is 2.41 bits per heavy atom. The molecule has 2 atom stereocenters. The van der Waals surface area contributed by atoms with Crippen LogP contribution in [0.4, 0.5) is 0 Å². The number of nitrogens with zero attached hydrogens (tertiary/aromatic N) is 3. The first kappa shape index (κ1) is 12.4. The molecule has 0 amide bonds. The van der Waals surface area contributed by atoms with Gasteiger partial charge in [-0.15, -0.1) is 0 Å². The van der Waals surface area contributed by atoms with E-state index in [1.165, 1.54) is 11.8 Å². The highest BCUT2D eigenvalue weighted by molar-refractivity contribution is 7.99. The van der Waals surface area contributed by atoms with Crippen molar-refractivity contribution in [2.24, 2.45) is 7.05 Å². The molecule has 2 rings (SSSR count). The summed E-state index contributed by atoms with van der Waals surface area (Å²) in [5, 5.41) is 13.5. The van der Waals surface area contributed by atoms with Crippen molar-refractivity contribution >= 4 is 17.7 Å². The number of rotatable bonds is 4. The maximum absolute atomic E-state index is 10.5. The molecule has 2 unspecified atom stereocenters. The molecule has 1 fully saturated rings. The van der Waals surface area contributed by atoms with E-state index in [0.29, 0.717) is 11.0 Å². The topological polar surface area (TPSA) is 77.2 Å². The van der Waals surface area contributed by atoms with Crippen LogP contribution in [0.3, 0.4) is 0 Å². The van der Waals surface area contributed by atoms with Crippen LogP contribution >= 0.6 is 11.8 Å². The van der Waals surface area contributed by atoms with E-state index in [4.69, 9.17) is 9.84 Å². The maximum Gasteiger partial charge on any atom is 0.313 e. The van der Waals surface area contributed by atoms with Crippen molar-refractivity contribution in [1.82, 2.24) is 14.8 Å². The van der Waals surface area contributed by atoms with Crippen LogP contribution in [0.1, 0.15) is 31.7 Å². The fourth-order valence-electron chi connectivity index (χ4n) is 1.77. The second-order valence-corrected chi connectivity index (χ2v) is 5.01. The fourth-order valence-corrected chi connectivity index (χ4v) is 2.41. The van der Waals surface area contributed by atoms with Gasteiger partial charge in [-0.25, -0.2) is 9.67 Å². The van der Waals surface area contributed by atoms with Crippen LogP contribution in [0.5, 0.6) is 0 Å². The molecule has 1 aromatic heterocycles. The number of ether oxygens (including phenoxy) is 1. The molecule has 1 aromatic rings. The van der Waals surface area contributed by atoms with Crippen molar-refractivity contribution < 1.29 is 14.6 Å². The first-order valence-corrected chi connectivity index (χ1v) is 6.46. The predicted octanol–water partition coefficient (Wildman–Crippen LogP) is 1.23. The van der Waals surface area contributed by atoms with E-state index in [-0.39, 0.29) is 18.0 Å². The Labute approximate surface area is 103 Å². The zero-order chi connectivity index (χ0) is 12.4. The van der Waals surface area contributed by atoms with Gasteiger partial charge in [-0.3, -0.25) is 4.79 Å². The summed E-state index contributed by atoms with van der Waals surface area (Å²) in [6, 6.07) is 0. The highest BCUT2D eigenvalue weighted by Crippen LogP contribution is 2.31. The first-order chi connectivity index (χ1) is 8.06. The van der Waals surface area contributed by atoms with Gasteiger partial charge in [-0.2, -0.15) is 5.10 Å².